The molecule has 2 aromatic carbocycles. The van der Waals surface area contributed by atoms with E-state index >= 15 is 0 Å². The normalized spacial score (nSPS) is 18.1. The molecule has 1 N–H and O–H groups in total. The van der Waals surface area contributed by atoms with E-state index in [2.05, 4.69) is 5.32 Å². The molecule has 4 rings (SSSR count). The second-order valence-corrected chi connectivity index (χ2v) is 8.79. The van der Waals surface area contributed by atoms with Crippen molar-refractivity contribution in [2.45, 2.75) is 44.9 Å². The Hall–Kier alpha value is -3.09. The average molecular weight is 411 g/mol. The van der Waals surface area contributed by atoms with Crippen molar-refractivity contribution >= 4 is 23.4 Å². The number of piperidine rings is 1. The zero-order chi connectivity index (χ0) is 21.5. The van der Waals surface area contributed by atoms with E-state index in [1.165, 1.54) is 12.1 Å². The number of hydrogen-bond acceptors (Lipinski definition) is 4. The molecule has 30 heavy (non-hydrogen) atoms. The smallest absolute Gasteiger partial charge is 0.410 e. The third-order valence-corrected chi connectivity index (χ3v) is 5.48. The van der Waals surface area contributed by atoms with Crippen LogP contribution in [0.5, 0.6) is 0 Å². The number of rotatable bonds is 1. The summed E-state index contributed by atoms with van der Waals surface area (Å²) in [4.78, 5) is 29.3. The van der Waals surface area contributed by atoms with Gasteiger partial charge in [-0.3, -0.25) is 9.69 Å². The number of nitrogens with zero attached hydrogens (tertiary/aromatic N) is 2. The highest BCUT2D eigenvalue weighted by Gasteiger charge is 2.48. The molecule has 0 saturated carbocycles. The summed E-state index contributed by atoms with van der Waals surface area (Å²) in [5, 5.41) is 3.55. The molecule has 0 aliphatic carbocycles. The van der Waals surface area contributed by atoms with E-state index in [9.17, 15) is 14.0 Å². The van der Waals surface area contributed by atoms with Crippen LogP contribution < -0.4 is 10.2 Å². The Labute approximate surface area is 175 Å². The second-order valence-electron chi connectivity index (χ2n) is 8.79. The SMILES string of the molecule is CC(C)(C)OC(=O)N1CCC2(CC1)Nc1ccccc1C(=O)N2c1ccc(F)cc1. The van der Waals surface area contributed by atoms with Crippen LogP contribution in [0.1, 0.15) is 44.0 Å². The molecule has 1 fully saturated rings. The molecule has 1 spiro atoms. The zero-order valence-corrected chi connectivity index (χ0v) is 17.4. The van der Waals surface area contributed by atoms with Gasteiger partial charge in [0.25, 0.3) is 5.91 Å². The number of likely N-dealkylation sites (tertiary alicyclic amines) is 1. The van der Waals surface area contributed by atoms with Crippen LogP contribution >= 0.6 is 0 Å². The third-order valence-electron chi connectivity index (χ3n) is 5.48. The van der Waals surface area contributed by atoms with Crippen molar-refractivity contribution in [2.24, 2.45) is 0 Å². The third kappa shape index (κ3) is 3.72. The van der Waals surface area contributed by atoms with Gasteiger partial charge in [-0.05, 0) is 57.2 Å². The number of nitrogens with one attached hydrogen (secondary N) is 1. The van der Waals surface area contributed by atoms with Gasteiger partial charge in [0.15, 0.2) is 0 Å². The predicted octanol–water partition coefficient (Wildman–Crippen LogP) is 4.63. The van der Waals surface area contributed by atoms with Gasteiger partial charge in [-0.1, -0.05) is 12.1 Å². The number of anilines is 2. The molecule has 6 nitrogen and oxygen atoms in total. The van der Waals surface area contributed by atoms with Crippen molar-refractivity contribution < 1.29 is 18.7 Å². The average Bonchev–Trinajstić information content (AvgIpc) is 2.69. The molecule has 158 valence electrons. The molecule has 0 atom stereocenters. The summed E-state index contributed by atoms with van der Waals surface area (Å²) in [6.45, 7) is 6.39. The summed E-state index contributed by atoms with van der Waals surface area (Å²) < 4.78 is 19.0. The zero-order valence-electron chi connectivity index (χ0n) is 17.4. The van der Waals surface area contributed by atoms with Crippen LogP contribution in [0, 0.1) is 5.82 Å². The van der Waals surface area contributed by atoms with Gasteiger partial charge in [0.05, 0.1) is 5.56 Å². The lowest BCUT2D eigenvalue weighted by Gasteiger charge is -2.52. The van der Waals surface area contributed by atoms with E-state index in [1.54, 1.807) is 28.0 Å². The molecule has 7 heteroatoms. The number of halogens is 1. The van der Waals surface area contributed by atoms with Crippen molar-refractivity contribution in [3.63, 3.8) is 0 Å². The summed E-state index contributed by atoms with van der Waals surface area (Å²) in [5.41, 5.74) is 0.689. The Morgan fingerprint density at radius 1 is 1.07 bits per heavy atom. The lowest BCUT2D eigenvalue weighted by molar-refractivity contribution is 0.0176. The summed E-state index contributed by atoms with van der Waals surface area (Å²) >= 11 is 0. The molecular formula is C23H26FN3O3. The molecule has 2 heterocycles. The summed E-state index contributed by atoms with van der Waals surface area (Å²) in [6.07, 6.45) is 0.682. The molecule has 2 aliphatic rings. The number of carbonyl (C=O) groups excluding carboxylic acids is 2. The number of carbonyl (C=O) groups is 2. The van der Waals surface area contributed by atoms with Gasteiger partial charge in [0.2, 0.25) is 0 Å². The van der Waals surface area contributed by atoms with Crippen LogP contribution in [0.2, 0.25) is 0 Å². The molecule has 2 aromatic rings. The van der Waals surface area contributed by atoms with Crippen LogP contribution in [0.4, 0.5) is 20.6 Å². The van der Waals surface area contributed by atoms with Crippen LogP contribution in [-0.4, -0.2) is 41.3 Å². The predicted molar refractivity (Wildman–Crippen MR) is 113 cm³/mol. The summed E-state index contributed by atoms with van der Waals surface area (Å²) in [6, 6.07) is 13.3. The standard InChI is InChI=1S/C23H26FN3O3/c1-22(2,3)30-21(29)26-14-12-23(13-15-26)25-19-7-5-4-6-18(19)20(28)27(23)17-10-8-16(24)9-11-17/h4-11,25H,12-15H2,1-3H3. The van der Waals surface area contributed by atoms with Crippen LogP contribution in [-0.2, 0) is 4.74 Å². The molecule has 2 aliphatic heterocycles. The van der Waals surface area contributed by atoms with E-state index < -0.39 is 11.3 Å². The van der Waals surface area contributed by atoms with Crippen molar-refractivity contribution in [1.82, 2.24) is 4.90 Å². The highest BCUT2D eigenvalue weighted by molar-refractivity contribution is 6.12. The highest BCUT2D eigenvalue weighted by Crippen LogP contribution is 2.40. The Bertz CT molecular complexity index is 960. The van der Waals surface area contributed by atoms with E-state index in [1.807, 2.05) is 39.0 Å². The Morgan fingerprint density at radius 3 is 2.33 bits per heavy atom. The summed E-state index contributed by atoms with van der Waals surface area (Å²) in [7, 11) is 0. The maximum absolute atomic E-state index is 13.5. The molecule has 0 radical (unpaired) electrons. The van der Waals surface area contributed by atoms with Gasteiger partial charge in [-0.25, -0.2) is 9.18 Å². The van der Waals surface area contributed by atoms with E-state index in [4.69, 9.17) is 4.74 Å². The van der Waals surface area contributed by atoms with Gasteiger partial charge in [0, 0.05) is 37.3 Å². The largest absolute Gasteiger partial charge is 0.444 e. The van der Waals surface area contributed by atoms with Gasteiger partial charge < -0.3 is 15.0 Å². The minimum Gasteiger partial charge on any atom is -0.444 e. The van der Waals surface area contributed by atoms with Gasteiger partial charge in [0.1, 0.15) is 17.1 Å². The maximum atomic E-state index is 13.5. The fraction of sp³-hybridized carbons (Fsp3) is 0.391. The molecule has 1 saturated heterocycles. The van der Waals surface area contributed by atoms with Crippen LogP contribution in [0.15, 0.2) is 48.5 Å². The number of para-hydroxylation sites is 1. The number of fused-ring (bicyclic) bond motifs is 1. The number of benzene rings is 2. The minimum atomic E-state index is -0.707. The molecule has 2 amide bonds. The first-order valence-corrected chi connectivity index (χ1v) is 10.1. The molecule has 0 aromatic heterocycles. The monoisotopic (exact) mass is 411 g/mol. The minimum absolute atomic E-state index is 0.137. The van der Waals surface area contributed by atoms with Crippen LogP contribution in [0.25, 0.3) is 0 Å². The molecule has 0 unspecified atom stereocenters. The quantitative estimate of drug-likeness (QED) is 0.744. The van der Waals surface area contributed by atoms with Gasteiger partial charge in [-0.15, -0.1) is 0 Å². The van der Waals surface area contributed by atoms with Crippen molar-refractivity contribution in [3.8, 4) is 0 Å². The number of amides is 2. The van der Waals surface area contributed by atoms with E-state index in [-0.39, 0.29) is 17.8 Å². The fourth-order valence-electron chi connectivity index (χ4n) is 4.09. The van der Waals surface area contributed by atoms with Gasteiger partial charge in [-0.2, -0.15) is 0 Å². The van der Waals surface area contributed by atoms with E-state index in [0.717, 1.165) is 5.69 Å². The number of ether oxygens (including phenoxy) is 1. The lowest BCUT2D eigenvalue weighted by atomic mass is 9.89. The Kier molecular flexibility index (Phi) is 4.92. The molecular weight excluding hydrogens is 385 g/mol. The van der Waals surface area contributed by atoms with Crippen molar-refractivity contribution in [3.05, 3.63) is 59.9 Å². The molecule has 0 bridgehead atoms. The Balaban J connectivity index is 1.66. The second kappa shape index (κ2) is 7.31. The van der Waals surface area contributed by atoms with Crippen LogP contribution in [0.3, 0.4) is 0 Å². The topological polar surface area (TPSA) is 61.9 Å². The van der Waals surface area contributed by atoms with Gasteiger partial charge >= 0.3 is 6.09 Å². The lowest BCUT2D eigenvalue weighted by Crippen LogP contribution is -2.65. The van der Waals surface area contributed by atoms with E-state index in [0.29, 0.717) is 37.2 Å². The first-order valence-electron chi connectivity index (χ1n) is 10.1. The van der Waals surface area contributed by atoms with Crippen molar-refractivity contribution in [1.29, 1.82) is 0 Å². The Morgan fingerprint density at radius 2 is 1.70 bits per heavy atom. The van der Waals surface area contributed by atoms with Crippen molar-refractivity contribution in [2.75, 3.05) is 23.3 Å². The number of hydrogen-bond donors (Lipinski definition) is 1. The maximum Gasteiger partial charge on any atom is 0.410 e. The first-order chi connectivity index (χ1) is 14.2. The highest BCUT2D eigenvalue weighted by atomic mass is 19.1. The fourth-order valence-corrected chi connectivity index (χ4v) is 4.09. The summed E-state index contributed by atoms with van der Waals surface area (Å²) in [5.74, 6) is -0.493. The first kappa shape index (κ1) is 20.2.